The van der Waals surface area contributed by atoms with Crippen LogP contribution in [-0.2, 0) is 11.5 Å². The van der Waals surface area contributed by atoms with Crippen molar-refractivity contribution in [2.45, 2.75) is 19.1 Å². The lowest BCUT2D eigenvalue weighted by molar-refractivity contribution is -0.136. The number of hydrogen-bond donors (Lipinski definition) is 2. The first-order valence-electron chi connectivity index (χ1n) is 9.51. The van der Waals surface area contributed by atoms with Gasteiger partial charge in [0.15, 0.2) is 17.3 Å². The van der Waals surface area contributed by atoms with Gasteiger partial charge in [-0.15, -0.1) is 0 Å². The number of anilines is 1. The largest absolute Gasteiger partial charge is 0.399 e. The average molecular weight is 403 g/mol. The molecule has 0 amide bonds. The molecule has 9 nitrogen and oxygen atoms in total. The van der Waals surface area contributed by atoms with Gasteiger partial charge in [0.05, 0.1) is 23.6 Å². The van der Waals surface area contributed by atoms with Gasteiger partial charge in [-0.2, -0.15) is 5.26 Å². The fourth-order valence-electron chi connectivity index (χ4n) is 3.37. The summed E-state index contributed by atoms with van der Waals surface area (Å²) in [5, 5.41) is 17.8. The summed E-state index contributed by atoms with van der Waals surface area (Å²) in [6, 6.07) is 16.6. The molecule has 1 unspecified atom stereocenters. The number of oxime groups is 1. The Morgan fingerprint density at radius 3 is 2.80 bits per heavy atom. The summed E-state index contributed by atoms with van der Waals surface area (Å²) in [5.74, 6) is 0.472. The number of para-hydroxylation sites is 2. The molecule has 0 saturated carbocycles. The smallest absolute Gasteiger partial charge is 0.182 e. The average Bonchev–Trinajstić information content (AvgIpc) is 3.29. The van der Waals surface area contributed by atoms with Gasteiger partial charge in [0.25, 0.3) is 0 Å². The van der Waals surface area contributed by atoms with Crippen molar-refractivity contribution in [2.75, 3.05) is 19.3 Å². The van der Waals surface area contributed by atoms with Crippen LogP contribution in [-0.4, -0.2) is 45.9 Å². The minimum atomic E-state index is -0.388. The standard InChI is InChI=1S/C21H21N7O2/c1-27-20(24-12-4-11-22)19(26-30-27)21-25-16-5-2-3-6-17(16)28(21)13-18(29)14-7-9-15(23)10-8-14/h2-3,5-10,20,24H,4,12-13,23H2,1H3. The number of imidazole rings is 1. The molecule has 0 saturated heterocycles. The van der Waals surface area contributed by atoms with Gasteiger partial charge < -0.3 is 10.3 Å². The van der Waals surface area contributed by atoms with Crippen molar-refractivity contribution >= 4 is 28.2 Å². The third-order valence-electron chi connectivity index (χ3n) is 4.88. The van der Waals surface area contributed by atoms with Crippen LogP contribution in [0.3, 0.4) is 0 Å². The molecule has 0 aliphatic carbocycles. The van der Waals surface area contributed by atoms with E-state index in [1.165, 1.54) is 0 Å². The number of carbonyl (C=O) groups excluding carboxylic acids is 1. The number of nitrogens with two attached hydrogens (primary N) is 1. The van der Waals surface area contributed by atoms with E-state index < -0.39 is 0 Å². The Balaban J connectivity index is 1.71. The minimum Gasteiger partial charge on any atom is -0.399 e. The molecule has 1 aliphatic heterocycles. The predicted octanol–water partition coefficient (Wildman–Crippen LogP) is 1.91. The number of hydrogen-bond acceptors (Lipinski definition) is 8. The zero-order valence-corrected chi connectivity index (χ0v) is 16.4. The molecule has 0 spiro atoms. The first kappa shape index (κ1) is 19.6. The fraction of sp³-hybridized carbons (Fsp3) is 0.238. The molecule has 0 radical (unpaired) electrons. The molecule has 4 rings (SSSR count). The van der Waals surface area contributed by atoms with Gasteiger partial charge in [-0.05, 0) is 36.4 Å². The summed E-state index contributed by atoms with van der Waals surface area (Å²) in [6.07, 6.45) is -0.0375. The van der Waals surface area contributed by atoms with Gasteiger partial charge in [0, 0.05) is 31.3 Å². The number of likely N-dealkylation sites (N-methyl/N-ethyl adjacent to an activating group) is 1. The highest BCUT2D eigenvalue weighted by atomic mass is 16.8. The van der Waals surface area contributed by atoms with Crippen LogP contribution < -0.4 is 11.1 Å². The highest BCUT2D eigenvalue weighted by Gasteiger charge is 2.33. The lowest BCUT2D eigenvalue weighted by Crippen LogP contribution is -2.46. The fourth-order valence-corrected chi connectivity index (χ4v) is 3.37. The Hall–Kier alpha value is -3.74. The number of ketones is 1. The Labute approximate surface area is 173 Å². The second-order valence-electron chi connectivity index (χ2n) is 6.92. The van der Waals surface area contributed by atoms with Crippen LogP contribution in [0.1, 0.15) is 22.6 Å². The molecule has 0 fully saturated rings. The number of hydroxylamine groups is 2. The number of rotatable bonds is 7. The summed E-state index contributed by atoms with van der Waals surface area (Å²) in [4.78, 5) is 23.0. The number of nitrogen functional groups attached to an aromatic ring is 1. The highest BCUT2D eigenvalue weighted by Crippen LogP contribution is 2.22. The normalized spacial score (nSPS) is 16.3. The minimum absolute atomic E-state index is 0.0683. The van der Waals surface area contributed by atoms with Crippen LogP contribution in [0.25, 0.3) is 11.0 Å². The molecule has 30 heavy (non-hydrogen) atoms. The summed E-state index contributed by atoms with van der Waals surface area (Å²) in [5.41, 5.74) is 9.04. The molecule has 1 atom stereocenters. The van der Waals surface area contributed by atoms with Gasteiger partial charge in [-0.1, -0.05) is 22.4 Å². The summed E-state index contributed by atoms with van der Waals surface area (Å²) < 4.78 is 1.84. The maximum absolute atomic E-state index is 13.0. The number of nitrogens with zero attached hydrogens (tertiary/aromatic N) is 5. The number of carbonyl (C=O) groups is 1. The Kier molecular flexibility index (Phi) is 5.43. The van der Waals surface area contributed by atoms with E-state index in [2.05, 4.69) is 16.5 Å². The first-order valence-corrected chi connectivity index (χ1v) is 9.51. The van der Waals surface area contributed by atoms with Crippen LogP contribution in [0.15, 0.2) is 53.7 Å². The van der Waals surface area contributed by atoms with Gasteiger partial charge in [-0.25, -0.2) is 4.98 Å². The van der Waals surface area contributed by atoms with Crippen LogP contribution in [0.5, 0.6) is 0 Å². The molecular formula is C21H21N7O2. The second-order valence-corrected chi connectivity index (χ2v) is 6.92. The van der Waals surface area contributed by atoms with Gasteiger partial charge in [0.2, 0.25) is 0 Å². The number of aromatic nitrogens is 2. The maximum atomic E-state index is 13.0. The molecule has 1 aliphatic rings. The van der Waals surface area contributed by atoms with E-state index in [4.69, 9.17) is 20.9 Å². The van der Waals surface area contributed by atoms with Crippen LogP contribution in [0.2, 0.25) is 0 Å². The number of fused-ring (bicyclic) bond motifs is 1. The first-order chi connectivity index (χ1) is 14.6. The van der Waals surface area contributed by atoms with E-state index >= 15 is 0 Å². The van der Waals surface area contributed by atoms with Crippen LogP contribution >= 0.6 is 0 Å². The maximum Gasteiger partial charge on any atom is 0.182 e. The molecule has 9 heteroatoms. The van der Waals surface area contributed by atoms with Gasteiger partial charge in [-0.3, -0.25) is 15.0 Å². The molecule has 3 N–H and O–H groups in total. The highest BCUT2D eigenvalue weighted by molar-refractivity contribution is 6.05. The summed E-state index contributed by atoms with van der Waals surface area (Å²) >= 11 is 0. The summed E-state index contributed by atoms with van der Waals surface area (Å²) in [7, 11) is 1.74. The predicted molar refractivity (Wildman–Crippen MR) is 112 cm³/mol. The number of Topliss-reactive ketones (excluding diaryl/α,β-unsaturated/α-hetero) is 1. The van der Waals surface area contributed by atoms with Crippen molar-refractivity contribution in [1.82, 2.24) is 19.9 Å². The van der Waals surface area contributed by atoms with Gasteiger partial charge >= 0.3 is 0 Å². The molecule has 3 aromatic rings. The number of benzene rings is 2. The quantitative estimate of drug-likeness (QED) is 0.351. The lowest BCUT2D eigenvalue weighted by Gasteiger charge is -2.18. The number of nitriles is 1. The van der Waals surface area contributed by atoms with Crippen molar-refractivity contribution in [1.29, 1.82) is 5.26 Å². The van der Waals surface area contributed by atoms with E-state index in [0.717, 1.165) is 11.0 Å². The second kappa shape index (κ2) is 8.32. The van der Waals surface area contributed by atoms with E-state index in [9.17, 15) is 4.79 Å². The summed E-state index contributed by atoms with van der Waals surface area (Å²) in [6.45, 7) is 0.561. The molecule has 1 aromatic heterocycles. The third kappa shape index (κ3) is 3.74. The van der Waals surface area contributed by atoms with Crippen LogP contribution in [0, 0.1) is 11.3 Å². The topological polar surface area (TPSA) is 122 Å². The SMILES string of the molecule is CN1ON=C(c2nc3ccccc3n2CC(=O)c2ccc(N)cc2)C1NCCC#N. The Morgan fingerprint density at radius 1 is 1.27 bits per heavy atom. The Bertz CT molecular complexity index is 1140. The number of nitrogens with one attached hydrogen (secondary N) is 1. The van der Waals surface area contributed by atoms with E-state index in [1.54, 1.807) is 36.4 Å². The molecule has 2 heterocycles. The zero-order valence-electron chi connectivity index (χ0n) is 16.4. The Morgan fingerprint density at radius 2 is 2.03 bits per heavy atom. The van der Waals surface area contributed by atoms with Crippen LogP contribution in [0.4, 0.5) is 5.69 Å². The molecule has 152 valence electrons. The molecular weight excluding hydrogens is 382 g/mol. The van der Waals surface area contributed by atoms with Crippen molar-refractivity contribution in [3.05, 3.63) is 59.9 Å². The van der Waals surface area contributed by atoms with E-state index in [1.807, 2.05) is 28.8 Å². The van der Waals surface area contributed by atoms with Crippen molar-refractivity contribution in [2.24, 2.45) is 5.16 Å². The van der Waals surface area contributed by atoms with E-state index in [-0.39, 0.29) is 18.5 Å². The molecule has 0 bridgehead atoms. The van der Waals surface area contributed by atoms with Crippen molar-refractivity contribution in [3.63, 3.8) is 0 Å². The monoisotopic (exact) mass is 403 g/mol. The molecule has 2 aromatic carbocycles. The van der Waals surface area contributed by atoms with Crippen molar-refractivity contribution < 1.29 is 9.73 Å². The third-order valence-corrected chi connectivity index (χ3v) is 4.88. The van der Waals surface area contributed by atoms with Gasteiger partial charge in [0.1, 0.15) is 6.17 Å². The zero-order chi connectivity index (χ0) is 21.1. The van der Waals surface area contributed by atoms with E-state index in [0.29, 0.717) is 35.8 Å². The lowest BCUT2D eigenvalue weighted by atomic mass is 10.1. The van der Waals surface area contributed by atoms with Crippen molar-refractivity contribution in [3.8, 4) is 6.07 Å².